The van der Waals surface area contributed by atoms with Crippen LogP contribution in [-0.4, -0.2) is 5.92 Å². The summed E-state index contributed by atoms with van der Waals surface area (Å²) in [7, 11) is 0. The molecule has 0 nitrogen and oxygen atoms in total. The average molecular weight is 360 g/mol. The predicted molar refractivity (Wildman–Crippen MR) is 87.3 cm³/mol. The maximum atomic E-state index is 15.3. The van der Waals surface area contributed by atoms with E-state index in [0.29, 0.717) is 12.3 Å². The van der Waals surface area contributed by atoms with Gasteiger partial charge in [-0.1, -0.05) is 31.9 Å². The molecular weight excluding hydrogens is 335 g/mol. The molecule has 2 aliphatic rings. The Morgan fingerprint density at radius 1 is 0.880 bits per heavy atom. The molecule has 0 aromatic heterocycles. The lowest BCUT2D eigenvalue weighted by Gasteiger charge is -2.44. The van der Waals surface area contributed by atoms with Crippen LogP contribution in [0.2, 0.25) is 0 Å². The fourth-order valence-corrected chi connectivity index (χ4v) is 4.60. The summed E-state index contributed by atoms with van der Waals surface area (Å²) in [5.74, 6) is -5.86. The fraction of sp³-hybridized carbons (Fsp3) is 0.700. The number of benzene rings is 1. The van der Waals surface area contributed by atoms with Crippen LogP contribution in [0.5, 0.6) is 0 Å². The molecule has 5 heteroatoms. The normalized spacial score (nSPS) is 35.6. The van der Waals surface area contributed by atoms with Crippen LogP contribution in [0.1, 0.15) is 63.0 Å². The van der Waals surface area contributed by atoms with Crippen molar-refractivity contribution in [3.8, 4) is 0 Å². The number of aryl methyl sites for hydroxylation is 1. The van der Waals surface area contributed by atoms with E-state index in [1.54, 1.807) is 0 Å². The molecule has 0 radical (unpaired) electrons. The molecule has 0 saturated heterocycles. The molecule has 0 amide bonds. The van der Waals surface area contributed by atoms with Gasteiger partial charge in [-0.25, -0.2) is 22.0 Å². The molecular formula is C20H25F5. The Bertz CT molecular complexity index is 633. The van der Waals surface area contributed by atoms with E-state index in [1.165, 1.54) is 13.0 Å². The van der Waals surface area contributed by atoms with Gasteiger partial charge in [0, 0.05) is 12.0 Å². The largest absolute Gasteiger partial charge is 0.286 e. The second kappa shape index (κ2) is 6.55. The highest BCUT2D eigenvalue weighted by Gasteiger charge is 2.61. The maximum absolute atomic E-state index is 15.3. The van der Waals surface area contributed by atoms with E-state index in [0.717, 1.165) is 31.7 Å². The van der Waals surface area contributed by atoms with Gasteiger partial charge in [0.15, 0.2) is 11.6 Å². The van der Waals surface area contributed by atoms with E-state index in [1.807, 2.05) is 0 Å². The molecule has 0 aliphatic heterocycles. The highest BCUT2D eigenvalue weighted by atomic mass is 19.3. The minimum atomic E-state index is -3.69. The Labute approximate surface area is 145 Å². The predicted octanol–water partition coefficient (Wildman–Crippen LogP) is 6.70. The number of rotatable bonds is 2. The number of hydrogen-bond donors (Lipinski definition) is 0. The van der Waals surface area contributed by atoms with Crippen LogP contribution in [0, 0.1) is 36.3 Å². The van der Waals surface area contributed by atoms with E-state index < -0.39 is 41.6 Å². The smallest absolute Gasteiger partial charge is 0.232 e. The van der Waals surface area contributed by atoms with Crippen LogP contribution < -0.4 is 0 Å². The molecule has 2 fully saturated rings. The minimum Gasteiger partial charge on any atom is -0.232 e. The van der Waals surface area contributed by atoms with Gasteiger partial charge in [0.2, 0.25) is 5.67 Å². The van der Waals surface area contributed by atoms with Gasteiger partial charge in [0.1, 0.15) is 0 Å². The minimum absolute atomic E-state index is 0.0156. The van der Waals surface area contributed by atoms with Crippen LogP contribution in [0.25, 0.3) is 0 Å². The van der Waals surface area contributed by atoms with Gasteiger partial charge in [-0.2, -0.15) is 0 Å². The summed E-state index contributed by atoms with van der Waals surface area (Å²) >= 11 is 0. The van der Waals surface area contributed by atoms with Crippen molar-refractivity contribution >= 4 is 0 Å². The van der Waals surface area contributed by atoms with E-state index in [4.69, 9.17) is 0 Å². The Morgan fingerprint density at radius 3 is 2.12 bits per heavy atom. The van der Waals surface area contributed by atoms with Crippen LogP contribution in [-0.2, 0) is 5.67 Å². The maximum Gasteiger partial charge on any atom is 0.286 e. The molecule has 25 heavy (non-hydrogen) atoms. The summed E-state index contributed by atoms with van der Waals surface area (Å²) in [6.07, 6.45) is 3.08. The molecule has 0 N–H and O–H groups in total. The highest BCUT2D eigenvalue weighted by Crippen LogP contribution is 2.56. The van der Waals surface area contributed by atoms with Gasteiger partial charge >= 0.3 is 0 Å². The summed E-state index contributed by atoms with van der Waals surface area (Å²) in [6.45, 7) is 3.49. The highest BCUT2D eigenvalue weighted by molar-refractivity contribution is 5.32. The quantitative estimate of drug-likeness (QED) is 0.515. The SMILES string of the molecule is Cc1ccc(C2(F)CCC(C3CCC(C)CC3)CC2(F)F)c(F)c1F. The molecule has 2 saturated carbocycles. The Kier molecular flexibility index (Phi) is 4.89. The molecule has 0 spiro atoms. The Morgan fingerprint density at radius 2 is 1.52 bits per heavy atom. The third-order valence-electron chi connectivity index (χ3n) is 6.39. The van der Waals surface area contributed by atoms with E-state index in [9.17, 15) is 17.6 Å². The summed E-state index contributed by atoms with van der Waals surface area (Å²) in [5.41, 5.74) is -3.99. The first-order chi connectivity index (χ1) is 11.7. The van der Waals surface area contributed by atoms with Crippen molar-refractivity contribution in [2.45, 2.75) is 70.4 Å². The molecule has 3 rings (SSSR count). The first-order valence-corrected chi connectivity index (χ1v) is 9.17. The zero-order valence-electron chi connectivity index (χ0n) is 14.7. The summed E-state index contributed by atoms with van der Waals surface area (Å²) in [6, 6.07) is 2.14. The van der Waals surface area contributed by atoms with Gasteiger partial charge in [0.05, 0.1) is 0 Å². The molecule has 2 aliphatic carbocycles. The second-order valence-corrected chi connectivity index (χ2v) is 8.09. The van der Waals surface area contributed by atoms with Gasteiger partial charge in [-0.05, 0) is 55.9 Å². The first kappa shape index (κ1) is 18.7. The topological polar surface area (TPSA) is 0 Å². The molecule has 1 aromatic carbocycles. The third-order valence-corrected chi connectivity index (χ3v) is 6.39. The van der Waals surface area contributed by atoms with Crippen LogP contribution in [0.3, 0.4) is 0 Å². The van der Waals surface area contributed by atoms with Gasteiger partial charge < -0.3 is 0 Å². The first-order valence-electron chi connectivity index (χ1n) is 9.17. The molecule has 2 atom stereocenters. The van der Waals surface area contributed by atoms with Crippen molar-refractivity contribution in [1.82, 2.24) is 0 Å². The lowest BCUT2D eigenvalue weighted by atomic mass is 9.66. The van der Waals surface area contributed by atoms with Crippen LogP contribution in [0.15, 0.2) is 12.1 Å². The van der Waals surface area contributed by atoms with E-state index in [2.05, 4.69) is 6.92 Å². The summed E-state index contributed by atoms with van der Waals surface area (Å²) in [5, 5.41) is 0. The summed E-state index contributed by atoms with van der Waals surface area (Å²) < 4.78 is 72.8. The Balaban J connectivity index is 1.84. The fourth-order valence-electron chi connectivity index (χ4n) is 4.60. The van der Waals surface area contributed by atoms with Gasteiger partial charge in [0.25, 0.3) is 5.92 Å². The Hall–Kier alpha value is -1.13. The molecule has 2 unspecified atom stereocenters. The zero-order chi connectivity index (χ0) is 18.4. The number of halogens is 5. The van der Waals surface area contributed by atoms with Gasteiger partial charge in [-0.3, -0.25) is 0 Å². The van der Waals surface area contributed by atoms with Crippen molar-refractivity contribution < 1.29 is 22.0 Å². The molecule has 140 valence electrons. The lowest BCUT2D eigenvalue weighted by molar-refractivity contribution is -0.187. The summed E-state index contributed by atoms with van der Waals surface area (Å²) in [4.78, 5) is 0. The van der Waals surface area contributed by atoms with Crippen molar-refractivity contribution in [3.63, 3.8) is 0 Å². The molecule has 1 aromatic rings. The van der Waals surface area contributed by atoms with Crippen molar-refractivity contribution in [1.29, 1.82) is 0 Å². The molecule has 0 heterocycles. The van der Waals surface area contributed by atoms with E-state index in [-0.39, 0.29) is 17.4 Å². The molecule has 0 bridgehead atoms. The average Bonchev–Trinajstić information content (AvgIpc) is 2.56. The van der Waals surface area contributed by atoms with Crippen molar-refractivity contribution in [2.24, 2.45) is 17.8 Å². The van der Waals surface area contributed by atoms with Gasteiger partial charge in [-0.15, -0.1) is 0 Å². The monoisotopic (exact) mass is 360 g/mol. The van der Waals surface area contributed by atoms with Crippen molar-refractivity contribution in [3.05, 3.63) is 34.9 Å². The second-order valence-electron chi connectivity index (χ2n) is 8.09. The standard InChI is InChI=1S/C20H25F5/c1-12-3-6-14(7-4-12)15-9-10-19(23,20(24,25)11-15)16-8-5-13(2)17(21)18(16)22/h5,8,12,14-15H,3-4,6-7,9-11H2,1-2H3. The van der Waals surface area contributed by atoms with Crippen LogP contribution in [0.4, 0.5) is 22.0 Å². The van der Waals surface area contributed by atoms with Crippen molar-refractivity contribution in [2.75, 3.05) is 0 Å². The number of hydrogen-bond acceptors (Lipinski definition) is 0. The number of alkyl halides is 3. The van der Waals surface area contributed by atoms with E-state index >= 15 is 4.39 Å². The van der Waals surface area contributed by atoms with Crippen LogP contribution >= 0.6 is 0 Å². The zero-order valence-corrected chi connectivity index (χ0v) is 14.7. The third kappa shape index (κ3) is 3.19. The lowest BCUT2D eigenvalue weighted by Crippen LogP contribution is -2.49.